The summed E-state index contributed by atoms with van der Waals surface area (Å²) < 4.78 is 2.17. The number of rotatable bonds is 3. The first-order valence-electron chi connectivity index (χ1n) is 13.5. The molecule has 5 nitrogen and oxygen atoms in total. The molecule has 3 aromatic carbocycles. The predicted octanol–water partition coefficient (Wildman–Crippen LogP) is 8.74. The van der Waals surface area contributed by atoms with Gasteiger partial charge in [-0.2, -0.15) is 0 Å². The van der Waals surface area contributed by atoms with Gasteiger partial charge in [0, 0.05) is 30.0 Å². The summed E-state index contributed by atoms with van der Waals surface area (Å²) in [6, 6.07) is 28.8. The molecule has 196 valence electrons. The van der Waals surface area contributed by atoms with Crippen LogP contribution in [0.3, 0.4) is 0 Å². The fraction of sp³-hybridized carbons (Fsp3) is 0.303. The number of imidazole rings is 2. The van der Waals surface area contributed by atoms with Crippen LogP contribution in [0, 0.1) is 0 Å². The average molecular weight is 506 g/mol. The molecule has 0 saturated carbocycles. The number of aromatic nitrogens is 5. The first kappa shape index (κ1) is 27.1. The summed E-state index contributed by atoms with van der Waals surface area (Å²) in [4.78, 5) is 16.9. The molecule has 0 radical (unpaired) electrons. The Labute approximate surface area is 226 Å². The topological polar surface area (TPSA) is 59.4 Å². The van der Waals surface area contributed by atoms with Crippen LogP contribution in [-0.2, 0) is 7.05 Å². The van der Waals surface area contributed by atoms with E-state index in [0.29, 0.717) is 17.8 Å². The molecule has 6 aromatic rings. The lowest BCUT2D eigenvalue weighted by Gasteiger charge is -2.04. The number of para-hydroxylation sites is 5. The van der Waals surface area contributed by atoms with Crippen molar-refractivity contribution in [3.8, 4) is 0 Å². The van der Waals surface area contributed by atoms with Crippen LogP contribution in [0.2, 0.25) is 0 Å². The number of aryl methyl sites for hydroxylation is 1. The van der Waals surface area contributed by atoms with E-state index in [0.717, 1.165) is 33.7 Å². The maximum absolute atomic E-state index is 4.57. The Morgan fingerprint density at radius 2 is 1.21 bits per heavy atom. The van der Waals surface area contributed by atoms with E-state index < -0.39 is 0 Å². The van der Waals surface area contributed by atoms with Crippen molar-refractivity contribution in [2.45, 2.75) is 59.3 Å². The summed E-state index contributed by atoms with van der Waals surface area (Å²) in [7, 11) is 2.07. The summed E-state index contributed by atoms with van der Waals surface area (Å²) in [5.41, 5.74) is 6.75. The largest absolute Gasteiger partial charge is 0.342 e. The Hall–Kier alpha value is -3.99. The van der Waals surface area contributed by atoms with Crippen LogP contribution >= 0.6 is 0 Å². The Morgan fingerprint density at radius 3 is 1.84 bits per heavy atom. The Bertz CT molecular complexity index is 1590. The van der Waals surface area contributed by atoms with E-state index in [1.165, 1.54) is 16.6 Å². The van der Waals surface area contributed by atoms with Gasteiger partial charge in [0.15, 0.2) is 0 Å². The Balaban J connectivity index is 0.000000133. The van der Waals surface area contributed by atoms with Gasteiger partial charge >= 0.3 is 0 Å². The maximum atomic E-state index is 4.57. The second-order valence-electron chi connectivity index (χ2n) is 10.5. The highest BCUT2D eigenvalue weighted by Crippen LogP contribution is 2.20. The predicted molar refractivity (Wildman–Crippen MR) is 161 cm³/mol. The number of H-pyrrole nitrogens is 1. The van der Waals surface area contributed by atoms with Crippen LogP contribution in [0.4, 0.5) is 0 Å². The number of nitrogens with one attached hydrogen (secondary N) is 1. The normalized spacial score (nSPS) is 11.2. The van der Waals surface area contributed by atoms with E-state index in [-0.39, 0.29) is 0 Å². The molecule has 0 aliphatic carbocycles. The second-order valence-corrected chi connectivity index (χ2v) is 10.5. The summed E-state index contributed by atoms with van der Waals surface area (Å²) in [5.74, 6) is 3.68. The number of pyridine rings is 1. The van der Waals surface area contributed by atoms with E-state index in [1.54, 1.807) is 0 Å². The molecule has 0 fully saturated rings. The molecule has 38 heavy (non-hydrogen) atoms. The van der Waals surface area contributed by atoms with Gasteiger partial charge in [-0.3, -0.25) is 4.98 Å². The zero-order chi connectivity index (χ0) is 27.2. The van der Waals surface area contributed by atoms with E-state index in [1.807, 2.05) is 48.5 Å². The van der Waals surface area contributed by atoms with Crippen LogP contribution in [-0.4, -0.2) is 24.5 Å². The molecule has 1 N–H and O–H groups in total. The van der Waals surface area contributed by atoms with Crippen molar-refractivity contribution >= 4 is 33.0 Å². The molecule has 0 spiro atoms. The molecule has 3 aromatic heterocycles. The highest BCUT2D eigenvalue weighted by molar-refractivity contribution is 5.78. The monoisotopic (exact) mass is 505 g/mol. The minimum atomic E-state index is 0.470. The van der Waals surface area contributed by atoms with Crippen molar-refractivity contribution in [3.05, 3.63) is 102 Å². The highest BCUT2D eigenvalue weighted by atomic mass is 15.1. The molecular formula is C33H39N5. The highest BCUT2D eigenvalue weighted by Gasteiger charge is 2.09. The number of aromatic amines is 1. The van der Waals surface area contributed by atoms with Gasteiger partial charge in [0.05, 0.1) is 27.6 Å². The van der Waals surface area contributed by atoms with Crippen LogP contribution in [0.1, 0.15) is 76.6 Å². The second kappa shape index (κ2) is 12.0. The van der Waals surface area contributed by atoms with Gasteiger partial charge in [0.25, 0.3) is 0 Å². The van der Waals surface area contributed by atoms with Crippen molar-refractivity contribution in [3.63, 3.8) is 0 Å². The van der Waals surface area contributed by atoms with E-state index in [2.05, 4.69) is 109 Å². The number of nitrogens with zero attached hydrogens (tertiary/aromatic N) is 4. The smallest absolute Gasteiger partial charge is 0.112 e. The van der Waals surface area contributed by atoms with Crippen LogP contribution in [0.15, 0.2) is 84.9 Å². The molecule has 0 aliphatic rings. The van der Waals surface area contributed by atoms with E-state index in [4.69, 9.17) is 0 Å². The lowest BCUT2D eigenvalue weighted by molar-refractivity contribution is 0.722. The maximum Gasteiger partial charge on any atom is 0.112 e. The van der Waals surface area contributed by atoms with Gasteiger partial charge in [0.1, 0.15) is 11.6 Å². The third-order valence-corrected chi connectivity index (χ3v) is 6.50. The van der Waals surface area contributed by atoms with Crippen molar-refractivity contribution < 1.29 is 0 Å². The number of hydrogen-bond donors (Lipinski definition) is 1. The summed E-state index contributed by atoms with van der Waals surface area (Å²) >= 11 is 0. The SMILES string of the molecule is CC(C)c1ccc2ccccc2n1.CC(C)c1nc2ccccc2[nH]1.CC(C)c1nc2ccccc2n1C. The van der Waals surface area contributed by atoms with Crippen LogP contribution in [0.25, 0.3) is 33.0 Å². The zero-order valence-corrected chi connectivity index (χ0v) is 23.6. The Morgan fingerprint density at radius 1 is 0.579 bits per heavy atom. The van der Waals surface area contributed by atoms with Gasteiger partial charge in [-0.15, -0.1) is 0 Å². The summed E-state index contributed by atoms with van der Waals surface area (Å²) in [6.07, 6.45) is 0. The molecule has 0 amide bonds. The quantitative estimate of drug-likeness (QED) is 0.261. The fourth-order valence-electron chi connectivity index (χ4n) is 4.33. The van der Waals surface area contributed by atoms with Gasteiger partial charge in [-0.25, -0.2) is 9.97 Å². The van der Waals surface area contributed by atoms with Gasteiger partial charge in [-0.05, 0) is 42.3 Å². The van der Waals surface area contributed by atoms with Crippen LogP contribution < -0.4 is 0 Å². The number of fused-ring (bicyclic) bond motifs is 3. The van der Waals surface area contributed by atoms with Crippen molar-refractivity contribution in [2.75, 3.05) is 0 Å². The molecule has 3 heterocycles. The first-order valence-corrected chi connectivity index (χ1v) is 13.5. The number of hydrogen-bond acceptors (Lipinski definition) is 3. The third kappa shape index (κ3) is 6.28. The molecular weight excluding hydrogens is 466 g/mol. The van der Waals surface area contributed by atoms with Gasteiger partial charge < -0.3 is 9.55 Å². The van der Waals surface area contributed by atoms with Crippen molar-refractivity contribution in [2.24, 2.45) is 7.05 Å². The average Bonchev–Trinajstić information content (AvgIpc) is 3.51. The third-order valence-electron chi connectivity index (χ3n) is 6.50. The molecule has 0 unspecified atom stereocenters. The molecule has 6 rings (SSSR count). The lowest BCUT2D eigenvalue weighted by atomic mass is 10.1. The minimum Gasteiger partial charge on any atom is -0.342 e. The van der Waals surface area contributed by atoms with Gasteiger partial charge in [-0.1, -0.05) is 90.1 Å². The zero-order valence-electron chi connectivity index (χ0n) is 23.6. The minimum absolute atomic E-state index is 0.470. The standard InChI is InChI=1S/C12H13N.C11H14N2.C10H12N2/c1-9(2)11-8-7-10-5-3-4-6-12(10)13-11;1-8(2)11-12-9-6-4-5-7-10(9)13(11)3;1-7(2)10-11-8-5-3-4-6-9(8)12-10/h3-9H,1-2H3;4-8H,1-3H3;3-7H,1-2H3,(H,11,12). The molecule has 0 saturated heterocycles. The summed E-state index contributed by atoms with van der Waals surface area (Å²) in [5, 5.41) is 1.21. The summed E-state index contributed by atoms with van der Waals surface area (Å²) in [6.45, 7) is 12.9. The molecule has 0 bridgehead atoms. The lowest BCUT2D eigenvalue weighted by Crippen LogP contribution is -1.99. The van der Waals surface area contributed by atoms with Crippen molar-refractivity contribution in [1.29, 1.82) is 0 Å². The van der Waals surface area contributed by atoms with Crippen molar-refractivity contribution in [1.82, 2.24) is 24.5 Å². The fourth-order valence-corrected chi connectivity index (χ4v) is 4.33. The molecule has 0 atom stereocenters. The Kier molecular flexibility index (Phi) is 8.57. The van der Waals surface area contributed by atoms with E-state index in [9.17, 15) is 0 Å². The first-order chi connectivity index (χ1) is 18.2. The van der Waals surface area contributed by atoms with Crippen LogP contribution in [0.5, 0.6) is 0 Å². The van der Waals surface area contributed by atoms with E-state index >= 15 is 0 Å². The number of benzene rings is 3. The molecule has 5 heteroatoms. The molecule has 0 aliphatic heterocycles. The van der Waals surface area contributed by atoms with Gasteiger partial charge in [0.2, 0.25) is 0 Å².